The van der Waals surface area contributed by atoms with E-state index in [9.17, 15) is 9.59 Å². The van der Waals surface area contributed by atoms with Crippen LogP contribution in [0.15, 0.2) is 11.4 Å². The first kappa shape index (κ1) is 11.7. The lowest BCUT2D eigenvalue weighted by atomic mass is 10.2. The summed E-state index contributed by atoms with van der Waals surface area (Å²) in [5.41, 5.74) is 0.591. The van der Waals surface area contributed by atoms with Gasteiger partial charge in [0.25, 0.3) is 5.91 Å². The second-order valence-corrected chi connectivity index (χ2v) is 6.14. The molecule has 2 saturated carbocycles. The van der Waals surface area contributed by atoms with Gasteiger partial charge in [-0.1, -0.05) is 6.92 Å². The summed E-state index contributed by atoms with van der Waals surface area (Å²) in [6.07, 6.45) is 3.09. The van der Waals surface area contributed by atoms with Crippen molar-refractivity contribution in [1.82, 2.24) is 5.32 Å². The number of nitrogens with one attached hydrogen (secondary N) is 2. The van der Waals surface area contributed by atoms with Crippen LogP contribution in [0.5, 0.6) is 0 Å². The lowest BCUT2D eigenvalue weighted by Crippen LogP contribution is -2.26. The van der Waals surface area contributed by atoms with E-state index >= 15 is 0 Å². The Balaban J connectivity index is 1.66. The van der Waals surface area contributed by atoms with Crippen LogP contribution in [0.4, 0.5) is 5.00 Å². The van der Waals surface area contributed by atoms with Gasteiger partial charge in [-0.3, -0.25) is 9.59 Å². The maximum atomic E-state index is 12.0. The molecule has 2 amide bonds. The molecule has 4 nitrogen and oxygen atoms in total. The highest BCUT2D eigenvalue weighted by Crippen LogP contribution is 2.39. The van der Waals surface area contributed by atoms with Crippen molar-refractivity contribution in [3.63, 3.8) is 0 Å². The van der Waals surface area contributed by atoms with Gasteiger partial charge in [0.15, 0.2) is 0 Å². The summed E-state index contributed by atoms with van der Waals surface area (Å²) >= 11 is 1.41. The van der Waals surface area contributed by atoms with Crippen molar-refractivity contribution in [2.24, 2.45) is 11.8 Å². The monoisotopic (exact) mass is 264 g/mol. The smallest absolute Gasteiger partial charge is 0.254 e. The third-order valence-corrected chi connectivity index (χ3v) is 4.34. The highest BCUT2D eigenvalue weighted by Gasteiger charge is 2.39. The zero-order valence-corrected chi connectivity index (χ0v) is 11.0. The first-order chi connectivity index (χ1) is 8.65. The molecule has 2 N–H and O–H groups in total. The normalized spacial score (nSPS) is 25.6. The van der Waals surface area contributed by atoms with E-state index in [1.54, 1.807) is 6.07 Å². The number of hydrogen-bond acceptors (Lipinski definition) is 3. The molecule has 0 radical (unpaired) electrons. The maximum Gasteiger partial charge on any atom is 0.254 e. The fraction of sp³-hybridized carbons (Fsp3) is 0.538. The molecule has 0 aromatic carbocycles. The minimum Gasteiger partial charge on any atom is -0.349 e. The van der Waals surface area contributed by atoms with E-state index in [1.807, 2.05) is 5.38 Å². The number of anilines is 1. The zero-order valence-electron chi connectivity index (χ0n) is 10.2. The minimum absolute atomic E-state index is 0.0467. The van der Waals surface area contributed by atoms with Crippen LogP contribution in [-0.4, -0.2) is 17.9 Å². The van der Waals surface area contributed by atoms with E-state index in [0.717, 1.165) is 19.3 Å². The fourth-order valence-corrected chi connectivity index (χ4v) is 2.76. The van der Waals surface area contributed by atoms with E-state index in [4.69, 9.17) is 0 Å². The molecule has 1 aromatic rings. The Morgan fingerprint density at radius 3 is 2.72 bits per heavy atom. The Hall–Kier alpha value is -1.36. The molecule has 0 spiro atoms. The quantitative estimate of drug-likeness (QED) is 0.876. The predicted molar refractivity (Wildman–Crippen MR) is 70.7 cm³/mol. The van der Waals surface area contributed by atoms with Crippen molar-refractivity contribution >= 4 is 28.2 Å². The third kappa shape index (κ3) is 2.41. The number of hydrogen-bond donors (Lipinski definition) is 2. The van der Waals surface area contributed by atoms with Gasteiger partial charge in [-0.2, -0.15) is 0 Å². The highest BCUT2D eigenvalue weighted by atomic mass is 32.1. The van der Waals surface area contributed by atoms with Crippen molar-refractivity contribution in [2.45, 2.75) is 32.2 Å². The van der Waals surface area contributed by atoms with Gasteiger partial charge < -0.3 is 10.6 Å². The summed E-state index contributed by atoms with van der Waals surface area (Å²) in [6.45, 7) is 2.07. The van der Waals surface area contributed by atoms with Crippen molar-refractivity contribution in [1.29, 1.82) is 0 Å². The van der Waals surface area contributed by atoms with Gasteiger partial charge in [0.2, 0.25) is 5.91 Å². The Kier molecular flexibility index (Phi) is 2.86. The number of thiophene rings is 1. The SMILES string of the molecule is C[C@H]1C[C@H]1C(=O)Nc1sccc1C(=O)NC1CC1. The Labute approximate surface area is 110 Å². The van der Waals surface area contributed by atoms with Crippen LogP contribution < -0.4 is 10.6 Å². The minimum atomic E-state index is -0.0714. The number of amides is 2. The standard InChI is InChI=1S/C13H16N2O2S/c1-7-6-10(7)12(17)15-13-9(4-5-18-13)11(16)14-8-2-3-8/h4-5,7-8,10H,2-3,6H2,1H3,(H,14,16)(H,15,17)/t7-,10+/m0/s1. The molecule has 0 aliphatic heterocycles. The highest BCUT2D eigenvalue weighted by molar-refractivity contribution is 7.14. The average molecular weight is 264 g/mol. The van der Waals surface area contributed by atoms with Crippen molar-refractivity contribution in [3.8, 4) is 0 Å². The lowest BCUT2D eigenvalue weighted by Gasteiger charge is -2.06. The summed E-state index contributed by atoms with van der Waals surface area (Å²) in [4.78, 5) is 23.8. The molecular formula is C13H16N2O2S. The van der Waals surface area contributed by atoms with Gasteiger partial charge in [0, 0.05) is 12.0 Å². The second-order valence-electron chi connectivity index (χ2n) is 5.22. The molecule has 0 saturated heterocycles. The van der Waals surface area contributed by atoms with Gasteiger partial charge >= 0.3 is 0 Å². The van der Waals surface area contributed by atoms with Crippen LogP contribution in [0, 0.1) is 11.8 Å². The third-order valence-electron chi connectivity index (χ3n) is 3.51. The zero-order chi connectivity index (χ0) is 12.7. The molecule has 1 heterocycles. The van der Waals surface area contributed by atoms with Crippen molar-refractivity contribution in [3.05, 3.63) is 17.0 Å². The molecule has 2 atom stereocenters. The summed E-state index contributed by atoms with van der Waals surface area (Å²) in [5.74, 6) is 0.587. The largest absolute Gasteiger partial charge is 0.349 e. The van der Waals surface area contributed by atoms with E-state index < -0.39 is 0 Å². The number of carbonyl (C=O) groups is 2. The fourth-order valence-electron chi connectivity index (χ4n) is 1.97. The van der Waals surface area contributed by atoms with Gasteiger partial charge in [0.05, 0.1) is 5.56 Å². The van der Waals surface area contributed by atoms with Gasteiger partial charge in [-0.15, -0.1) is 11.3 Å². The summed E-state index contributed by atoms with van der Waals surface area (Å²) < 4.78 is 0. The molecule has 96 valence electrons. The van der Waals surface area contributed by atoms with Gasteiger partial charge in [-0.25, -0.2) is 0 Å². The van der Waals surface area contributed by atoms with Crippen LogP contribution in [0.3, 0.4) is 0 Å². The summed E-state index contributed by atoms with van der Waals surface area (Å²) in [5, 5.41) is 8.34. The number of carbonyl (C=O) groups excluding carboxylic acids is 2. The summed E-state index contributed by atoms with van der Waals surface area (Å²) in [6, 6.07) is 2.11. The Morgan fingerprint density at radius 2 is 2.11 bits per heavy atom. The molecule has 5 heteroatoms. The second kappa shape index (κ2) is 4.39. The van der Waals surface area contributed by atoms with Gasteiger partial charge in [0.1, 0.15) is 5.00 Å². The van der Waals surface area contributed by atoms with E-state index in [1.165, 1.54) is 11.3 Å². The average Bonchev–Trinajstić information content (AvgIpc) is 3.22. The molecule has 1 aromatic heterocycles. The molecule has 3 rings (SSSR count). The lowest BCUT2D eigenvalue weighted by molar-refractivity contribution is -0.117. The van der Waals surface area contributed by atoms with E-state index in [2.05, 4.69) is 17.6 Å². The Morgan fingerprint density at radius 1 is 1.39 bits per heavy atom. The molecular weight excluding hydrogens is 248 g/mol. The molecule has 0 bridgehead atoms. The Bertz CT molecular complexity index is 493. The molecule has 2 fully saturated rings. The molecule has 2 aliphatic rings. The molecule has 2 aliphatic carbocycles. The van der Waals surface area contributed by atoms with Crippen molar-refractivity contribution in [2.75, 3.05) is 5.32 Å². The number of rotatable bonds is 4. The van der Waals surface area contributed by atoms with Crippen LogP contribution >= 0.6 is 11.3 Å². The van der Waals surface area contributed by atoms with Crippen LogP contribution in [0.1, 0.15) is 36.5 Å². The first-order valence-corrected chi connectivity index (χ1v) is 7.22. The van der Waals surface area contributed by atoms with Crippen LogP contribution in [-0.2, 0) is 4.79 Å². The van der Waals surface area contributed by atoms with Crippen LogP contribution in [0.25, 0.3) is 0 Å². The van der Waals surface area contributed by atoms with Gasteiger partial charge in [-0.05, 0) is 36.6 Å². The molecule has 0 unspecified atom stereocenters. The maximum absolute atomic E-state index is 12.0. The predicted octanol–water partition coefficient (Wildman–Crippen LogP) is 2.23. The van der Waals surface area contributed by atoms with Crippen molar-refractivity contribution < 1.29 is 9.59 Å². The van der Waals surface area contributed by atoms with Crippen LogP contribution in [0.2, 0.25) is 0 Å². The topological polar surface area (TPSA) is 58.2 Å². The van der Waals surface area contributed by atoms with E-state index in [-0.39, 0.29) is 17.7 Å². The summed E-state index contributed by atoms with van der Waals surface area (Å²) in [7, 11) is 0. The molecule has 18 heavy (non-hydrogen) atoms. The van der Waals surface area contributed by atoms with E-state index in [0.29, 0.717) is 22.5 Å². The first-order valence-electron chi connectivity index (χ1n) is 6.34.